The molecule has 1 aliphatic rings. The number of likely N-dealkylation sites (tertiary alicyclic amines) is 1. The topological polar surface area (TPSA) is 72.4 Å². The summed E-state index contributed by atoms with van der Waals surface area (Å²) in [6.45, 7) is 5.27. The minimum absolute atomic E-state index is 0.0860. The van der Waals surface area contributed by atoms with Gasteiger partial charge in [0.15, 0.2) is 11.5 Å². The molecular weight excluding hydrogens is 422 g/mol. The molecule has 0 spiro atoms. The molecule has 1 amide bonds. The standard InChI is InChI=1S/C25H25N3O3S/c1-16-20(17(2)31-27-16)15-32-23-10-6-3-7-19(23)25(29)28-13-11-18(12-14-28)24-26-21-8-4-5-9-22(21)30-24/h3-10,18H,11-15H2,1-2H3. The zero-order valence-electron chi connectivity index (χ0n) is 18.2. The van der Waals surface area contributed by atoms with Gasteiger partial charge in [-0.15, -0.1) is 11.8 Å². The molecule has 5 rings (SSSR count). The van der Waals surface area contributed by atoms with E-state index in [4.69, 9.17) is 8.94 Å². The predicted molar refractivity (Wildman–Crippen MR) is 124 cm³/mol. The fraction of sp³-hybridized carbons (Fsp3) is 0.320. The van der Waals surface area contributed by atoms with Crippen LogP contribution in [0.4, 0.5) is 0 Å². The normalized spacial score (nSPS) is 14.9. The van der Waals surface area contributed by atoms with E-state index in [-0.39, 0.29) is 11.8 Å². The van der Waals surface area contributed by atoms with Gasteiger partial charge in [-0.05, 0) is 51.0 Å². The Kier molecular flexibility index (Phi) is 5.74. The van der Waals surface area contributed by atoms with E-state index in [1.165, 1.54) is 0 Å². The summed E-state index contributed by atoms with van der Waals surface area (Å²) >= 11 is 1.65. The number of piperidine rings is 1. The van der Waals surface area contributed by atoms with Gasteiger partial charge in [-0.25, -0.2) is 4.98 Å². The van der Waals surface area contributed by atoms with Gasteiger partial charge in [-0.3, -0.25) is 4.79 Å². The highest BCUT2D eigenvalue weighted by atomic mass is 32.2. The van der Waals surface area contributed by atoms with E-state index in [0.717, 1.165) is 63.1 Å². The maximum atomic E-state index is 13.3. The van der Waals surface area contributed by atoms with Crippen molar-refractivity contribution in [3.63, 3.8) is 0 Å². The zero-order chi connectivity index (χ0) is 22.1. The van der Waals surface area contributed by atoms with Crippen LogP contribution < -0.4 is 0 Å². The number of aryl methyl sites for hydroxylation is 2. The first-order valence-electron chi connectivity index (χ1n) is 10.9. The van der Waals surface area contributed by atoms with Gasteiger partial charge in [-0.1, -0.05) is 29.4 Å². The van der Waals surface area contributed by atoms with Crippen LogP contribution in [-0.4, -0.2) is 34.0 Å². The molecule has 32 heavy (non-hydrogen) atoms. The van der Waals surface area contributed by atoms with Crippen molar-refractivity contribution in [3.05, 3.63) is 77.0 Å². The number of carbonyl (C=O) groups excluding carboxylic acids is 1. The lowest BCUT2D eigenvalue weighted by Crippen LogP contribution is -2.38. The fourth-order valence-corrected chi connectivity index (χ4v) is 5.39. The summed E-state index contributed by atoms with van der Waals surface area (Å²) in [5.74, 6) is 2.68. The van der Waals surface area contributed by atoms with Crippen molar-refractivity contribution in [3.8, 4) is 0 Å². The number of rotatable bonds is 5. The van der Waals surface area contributed by atoms with Gasteiger partial charge in [0.25, 0.3) is 5.91 Å². The zero-order valence-corrected chi connectivity index (χ0v) is 19.0. The third-order valence-corrected chi connectivity index (χ3v) is 7.21. The minimum atomic E-state index is 0.0860. The second-order valence-corrected chi connectivity index (χ2v) is 9.19. The molecule has 0 atom stereocenters. The lowest BCUT2D eigenvalue weighted by Gasteiger charge is -2.31. The number of para-hydroxylation sites is 2. The highest BCUT2D eigenvalue weighted by Gasteiger charge is 2.28. The molecule has 4 aromatic rings. The van der Waals surface area contributed by atoms with Gasteiger partial charge in [0, 0.05) is 35.2 Å². The number of benzene rings is 2. The molecule has 0 radical (unpaired) electrons. The first-order valence-corrected chi connectivity index (χ1v) is 11.9. The van der Waals surface area contributed by atoms with Crippen molar-refractivity contribution < 1.29 is 13.7 Å². The van der Waals surface area contributed by atoms with Gasteiger partial charge >= 0.3 is 0 Å². The number of hydrogen-bond donors (Lipinski definition) is 0. The van der Waals surface area contributed by atoms with Gasteiger partial charge in [-0.2, -0.15) is 0 Å². The molecule has 0 unspecified atom stereocenters. The lowest BCUT2D eigenvalue weighted by atomic mass is 9.96. The summed E-state index contributed by atoms with van der Waals surface area (Å²) < 4.78 is 11.2. The average molecular weight is 448 g/mol. The second kappa shape index (κ2) is 8.82. The maximum Gasteiger partial charge on any atom is 0.254 e. The highest BCUT2D eigenvalue weighted by molar-refractivity contribution is 7.98. The first kappa shape index (κ1) is 20.8. The van der Waals surface area contributed by atoms with Crippen molar-refractivity contribution in [2.24, 2.45) is 0 Å². The molecule has 0 bridgehead atoms. The number of aromatic nitrogens is 2. The van der Waals surface area contributed by atoms with E-state index in [1.54, 1.807) is 11.8 Å². The summed E-state index contributed by atoms with van der Waals surface area (Å²) in [7, 11) is 0. The monoisotopic (exact) mass is 447 g/mol. The fourth-order valence-electron chi connectivity index (χ4n) is 4.19. The lowest BCUT2D eigenvalue weighted by molar-refractivity contribution is 0.0703. The average Bonchev–Trinajstić information content (AvgIpc) is 3.40. The number of amides is 1. The van der Waals surface area contributed by atoms with Crippen LogP contribution in [0.5, 0.6) is 0 Å². The number of hydrogen-bond acceptors (Lipinski definition) is 6. The minimum Gasteiger partial charge on any atom is -0.440 e. The van der Waals surface area contributed by atoms with Crippen molar-refractivity contribution in [1.29, 1.82) is 0 Å². The number of carbonyl (C=O) groups is 1. The molecular formula is C25H25N3O3S. The van der Waals surface area contributed by atoms with Crippen LogP contribution in [0.2, 0.25) is 0 Å². The Bertz CT molecular complexity index is 1200. The Labute approximate surface area is 191 Å². The quantitative estimate of drug-likeness (QED) is 0.363. The Hall–Kier alpha value is -3.06. The molecule has 0 saturated carbocycles. The predicted octanol–water partition coefficient (Wildman–Crippen LogP) is 5.74. The molecule has 1 saturated heterocycles. The molecule has 2 aromatic carbocycles. The number of fused-ring (bicyclic) bond motifs is 1. The molecule has 3 heterocycles. The van der Waals surface area contributed by atoms with E-state index >= 15 is 0 Å². The molecule has 164 valence electrons. The Morgan fingerprint density at radius 2 is 1.84 bits per heavy atom. The number of oxazole rings is 1. The van der Waals surface area contributed by atoms with Gasteiger partial charge in [0.1, 0.15) is 11.3 Å². The van der Waals surface area contributed by atoms with Crippen molar-refractivity contribution in [2.45, 2.75) is 43.3 Å². The Morgan fingerprint density at radius 3 is 2.59 bits per heavy atom. The molecule has 2 aromatic heterocycles. The van der Waals surface area contributed by atoms with Crippen LogP contribution in [0, 0.1) is 13.8 Å². The van der Waals surface area contributed by atoms with Gasteiger partial charge in [0.2, 0.25) is 0 Å². The number of nitrogens with zero attached hydrogens (tertiary/aromatic N) is 3. The maximum absolute atomic E-state index is 13.3. The van der Waals surface area contributed by atoms with Crippen molar-refractivity contribution >= 4 is 28.8 Å². The van der Waals surface area contributed by atoms with Crippen molar-refractivity contribution in [1.82, 2.24) is 15.0 Å². The van der Waals surface area contributed by atoms with Crippen LogP contribution in [0.1, 0.15) is 52.0 Å². The van der Waals surface area contributed by atoms with E-state index in [2.05, 4.69) is 10.1 Å². The number of thioether (sulfide) groups is 1. The Morgan fingerprint density at radius 1 is 1.09 bits per heavy atom. The molecule has 6 nitrogen and oxygen atoms in total. The third-order valence-electron chi connectivity index (χ3n) is 6.11. The van der Waals surface area contributed by atoms with E-state index in [9.17, 15) is 4.79 Å². The SMILES string of the molecule is Cc1noc(C)c1CSc1ccccc1C(=O)N1CCC(c2nc3ccccc3o2)CC1. The summed E-state index contributed by atoms with van der Waals surface area (Å²) in [5, 5.41) is 4.03. The van der Waals surface area contributed by atoms with Crippen molar-refractivity contribution in [2.75, 3.05) is 13.1 Å². The Balaban J connectivity index is 1.26. The third kappa shape index (κ3) is 4.05. The van der Waals surface area contributed by atoms with Crippen LogP contribution in [0.15, 0.2) is 62.4 Å². The second-order valence-electron chi connectivity index (χ2n) is 8.17. The molecule has 1 aliphatic heterocycles. The van der Waals surface area contributed by atoms with Crippen LogP contribution in [-0.2, 0) is 5.75 Å². The summed E-state index contributed by atoms with van der Waals surface area (Å²) in [4.78, 5) is 20.9. The molecule has 1 fully saturated rings. The van der Waals surface area contributed by atoms with E-state index in [0.29, 0.717) is 13.1 Å². The molecule has 7 heteroatoms. The van der Waals surface area contributed by atoms with Crippen LogP contribution in [0.25, 0.3) is 11.1 Å². The summed E-state index contributed by atoms with van der Waals surface area (Å²) in [6, 6.07) is 15.7. The van der Waals surface area contributed by atoms with E-state index in [1.807, 2.05) is 67.3 Å². The summed E-state index contributed by atoms with van der Waals surface area (Å²) in [5.41, 5.74) is 4.47. The molecule has 0 aliphatic carbocycles. The summed E-state index contributed by atoms with van der Waals surface area (Å²) in [6.07, 6.45) is 1.71. The largest absolute Gasteiger partial charge is 0.440 e. The highest BCUT2D eigenvalue weighted by Crippen LogP contribution is 2.33. The van der Waals surface area contributed by atoms with Crippen LogP contribution in [0.3, 0.4) is 0 Å². The first-order chi connectivity index (χ1) is 15.6. The van der Waals surface area contributed by atoms with Gasteiger partial charge in [0.05, 0.1) is 11.3 Å². The van der Waals surface area contributed by atoms with E-state index < -0.39 is 0 Å². The molecule has 0 N–H and O–H groups in total. The van der Waals surface area contributed by atoms with Gasteiger partial charge < -0.3 is 13.8 Å². The van der Waals surface area contributed by atoms with Crippen LogP contribution >= 0.6 is 11.8 Å². The smallest absolute Gasteiger partial charge is 0.254 e.